The molecule has 0 bridgehead atoms. The van der Waals surface area contributed by atoms with Gasteiger partial charge in [0.25, 0.3) is 0 Å². The molecule has 1 heterocycles. The zero-order chi connectivity index (χ0) is 14.1. The van der Waals surface area contributed by atoms with Crippen LogP contribution in [0.4, 0.5) is 0 Å². The van der Waals surface area contributed by atoms with Gasteiger partial charge in [-0.05, 0) is 58.7 Å². The van der Waals surface area contributed by atoms with Gasteiger partial charge < -0.3 is 5.32 Å². The Morgan fingerprint density at radius 2 is 1.74 bits per heavy atom. The highest BCUT2D eigenvalue weighted by molar-refractivity contribution is 4.97. The van der Waals surface area contributed by atoms with Crippen LogP contribution in [0, 0.1) is 0 Å². The van der Waals surface area contributed by atoms with Gasteiger partial charge in [-0.3, -0.25) is 4.90 Å². The van der Waals surface area contributed by atoms with Crippen molar-refractivity contribution in [1.29, 1.82) is 0 Å². The van der Waals surface area contributed by atoms with Crippen molar-refractivity contribution >= 4 is 0 Å². The van der Waals surface area contributed by atoms with Gasteiger partial charge in [0.05, 0.1) is 0 Å². The molecule has 2 atom stereocenters. The van der Waals surface area contributed by atoms with Crippen molar-refractivity contribution in [2.45, 2.75) is 90.6 Å². The largest absolute Gasteiger partial charge is 0.312 e. The predicted molar refractivity (Wildman–Crippen MR) is 85.7 cm³/mol. The van der Waals surface area contributed by atoms with Crippen LogP contribution in [0.2, 0.25) is 0 Å². The summed E-state index contributed by atoms with van der Waals surface area (Å²) in [6.45, 7) is 13.2. The number of hydrogen-bond acceptors (Lipinski definition) is 2. The van der Waals surface area contributed by atoms with Crippen LogP contribution in [0.15, 0.2) is 0 Å². The lowest BCUT2D eigenvalue weighted by Gasteiger charge is -2.48. The van der Waals surface area contributed by atoms with Crippen molar-refractivity contribution in [1.82, 2.24) is 10.2 Å². The monoisotopic (exact) mass is 268 g/mol. The number of rotatable bonds is 9. The Balaban J connectivity index is 2.71. The Bertz CT molecular complexity index is 215. The minimum Gasteiger partial charge on any atom is -0.312 e. The van der Waals surface area contributed by atoms with Crippen LogP contribution in [0.3, 0.4) is 0 Å². The second-order valence-electron chi connectivity index (χ2n) is 6.41. The summed E-state index contributed by atoms with van der Waals surface area (Å²) >= 11 is 0. The van der Waals surface area contributed by atoms with E-state index in [0.29, 0.717) is 11.6 Å². The maximum atomic E-state index is 3.85. The highest BCUT2D eigenvalue weighted by atomic mass is 15.2. The van der Waals surface area contributed by atoms with E-state index >= 15 is 0 Å². The van der Waals surface area contributed by atoms with Crippen LogP contribution < -0.4 is 5.32 Å². The quantitative estimate of drug-likeness (QED) is 0.674. The summed E-state index contributed by atoms with van der Waals surface area (Å²) in [4.78, 5) is 2.78. The van der Waals surface area contributed by atoms with Crippen molar-refractivity contribution in [3.8, 4) is 0 Å². The number of hydrogen-bond donors (Lipinski definition) is 1. The first-order chi connectivity index (χ1) is 9.19. The van der Waals surface area contributed by atoms with Gasteiger partial charge in [0, 0.05) is 11.6 Å². The topological polar surface area (TPSA) is 15.3 Å². The van der Waals surface area contributed by atoms with Gasteiger partial charge in [0.15, 0.2) is 0 Å². The number of unbranched alkanes of at least 4 members (excludes halogenated alkanes) is 1. The molecule has 1 saturated heterocycles. The van der Waals surface area contributed by atoms with E-state index in [-0.39, 0.29) is 0 Å². The molecule has 0 aromatic carbocycles. The van der Waals surface area contributed by atoms with Crippen LogP contribution >= 0.6 is 0 Å². The molecule has 0 spiro atoms. The standard InChI is InChI=1S/C17H36N2/c1-5-8-12-16(18-13-6-2)17(4,7-3)19-14-10-9-11-15-19/h16,18H,5-15H2,1-4H3. The lowest BCUT2D eigenvalue weighted by Crippen LogP contribution is -2.60. The molecule has 114 valence electrons. The first-order valence-electron chi connectivity index (χ1n) is 8.67. The molecule has 0 aromatic rings. The number of likely N-dealkylation sites (tertiary alicyclic amines) is 1. The molecule has 2 unspecified atom stereocenters. The third kappa shape index (κ3) is 4.75. The molecular weight excluding hydrogens is 232 g/mol. The SMILES string of the molecule is CCCCC(NCCC)C(C)(CC)N1CCCCC1. The Morgan fingerprint density at radius 3 is 2.26 bits per heavy atom. The summed E-state index contributed by atoms with van der Waals surface area (Å²) in [6, 6.07) is 0.662. The summed E-state index contributed by atoms with van der Waals surface area (Å²) < 4.78 is 0. The van der Waals surface area contributed by atoms with Crippen LogP contribution in [-0.2, 0) is 0 Å². The van der Waals surface area contributed by atoms with Crippen LogP contribution in [-0.4, -0.2) is 36.1 Å². The Labute approximate surface area is 121 Å². The molecule has 1 fully saturated rings. The van der Waals surface area contributed by atoms with Gasteiger partial charge in [0.2, 0.25) is 0 Å². The Hall–Kier alpha value is -0.0800. The fourth-order valence-electron chi connectivity index (χ4n) is 3.45. The third-order valence-corrected chi connectivity index (χ3v) is 5.03. The summed E-state index contributed by atoms with van der Waals surface area (Å²) in [5.41, 5.74) is 0.352. The van der Waals surface area contributed by atoms with Crippen molar-refractivity contribution in [2.75, 3.05) is 19.6 Å². The number of nitrogens with zero attached hydrogens (tertiary/aromatic N) is 1. The normalized spacial score (nSPS) is 22.1. The molecule has 1 rings (SSSR count). The van der Waals surface area contributed by atoms with Crippen molar-refractivity contribution < 1.29 is 0 Å². The summed E-state index contributed by atoms with van der Waals surface area (Å²) in [6.07, 6.45) is 10.7. The number of nitrogens with one attached hydrogen (secondary N) is 1. The summed E-state index contributed by atoms with van der Waals surface area (Å²) in [5.74, 6) is 0. The smallest absolute Gasteiger partial charge is 0.0331 e. The zero-order valence-corrected chi connectivity index (χ0v) is 13.8. The fourth-order valence-corrected chi connectivity index (χ4v) is 3.45. The minimum absolute atomic E-state index is 0.352. The molecule has 0 amide bonds. The lowest BCUT2D eigenvalue weighted by atomic mass is 9.83. The lowest BCUT2D eigenvalue weighted by molar-refractivity contribution is 0.0395. The minimum atomic E-state index is 0.352. The van der Waals surface area contributed by atoms with Gasteiger partial charge in [-0.15, -0.1) is 0 Å². The third-order valence-electron chi connectivity index (χ3n) is 5.03. The maximum absolute atomic E-state index is 3.85. The van der Waals surface area contributed by atoms with Gasteiger partial charge in [-0.1, -0.05) is 40.0 Å². The van der Waals surface area contributed by atoms with Crippen LogP contribution in [0.1, 0.15) is 79.1 Å². The molecule has 0 radical (unpaired) electrons. The predicted octanol–water partition coefficient (Wildman–Crippen LogP) is 4.20. The molecule has 0 saturated carbocycles. The van der Waals surface area contributed by atoms with Crippen LogP contribution in [0.25, 0.3) is 0 Å². The van der Waals surface area contributed by atoms with E-state index in [1.807, 2.05) is 0 Å². The summed E-state index contributed by atoms with van der Waals surface area (Å²) in [5, 5.41) is 3.85. The highest BCUT2D eigenvalue weighted by Crippen LogP contribution is 2.29. The van der Waals surface area contributed by atoms with Gasteiger partial charge in [-0.2, -0.15) is 0 Å². The average Bonchev–Trinajstić information content (AvgIpc) is 2.47. The zero-order valence-electron chi connectivity index (χ0n) is 13.8. The second-order valence-corrected chi connectivity index (χ2v) is 6.41. The fraction of sp³-hybridized carbons (Fsp3) is 1.00. The molecule has 19 heavy (non-hydrogen) atoms. The van der Waals surface area contributed by atoms with Gasteiger partial charge in [0.1, 0.15) is 0 Å². The van der Waals surface area contributed by atoms with E-state index in [4.69, 9.17) is 0 Å². The van der Waals surface area contributed by atoms with Crippen molar-refractivity contribution in [3.63, 3.8) is 0 Å². The van der Waals surface area contributed by atoms with E-state index in [9.17, 15) is 0 Å². The summed E-state index contributed by atoms with van der Waals surface area (Å²) in [7, 11) is 0. The maximum Gasteiger partial charge on any atom is 0.0331 e. The highest BCUT2D eigenvalue weighted by Gasteiger charge is 2.37. The second kappa shape index (κ2) is 8.97. The van der Waals surface area contributed by atoms with Crippen molar-refractivity contribution in [3.05, 3.63) is 0 Å². The van der Waals surface area contributed by atoms with Crippen molar-refractivity contribution in [2.24, 2.45) is 0 Å². The molecule has 1 aliphatic rings. The molecule has 2 heteroatoms. The van der Waals surface area contributed by atoms with Gasteiger partial charge in [-0.25, -0.2) is 0 Å². The molecule has 1 N–H and O–H groups in total. The van der Waals surface area contributed by atoms with Crippen LogP contribution in [0.5, 0.6) is 0 Å². The number of piperidine rings is 1. The van der Waals surface area contributed by atoms with E-state index in [1.165, 1.54) is 64.5 Å². The molecule has 2 nitrogen and oxygen atoms in total. The first-order valence-corrected chi connectivity index (χ1v) is 8.67. The average molecular weight is 268 g/mol. The first kappa shape index (κ1) is 17.0. The Kier molecular flexibility index (Phi) is 8.01. The Morgan fingerprint density at radius 1 is 1.05 bits per heavy atom. The van der Waals surface area contributed by atoms with Gasteiger partial charge >= 0.3 is 0 Å². The molecule has 0 aromatic heterocycles. The van der Waals surface area contributed by atoms with E-state index < -0.39 is 0 Å². The van der Waals surface area contributed by atoms with E-state index in [0.717, 1.165) is 6.54 Å². The molecular formula is C17H36N2. The molecule has 1 aliphatic heterocycles. The van der Waals surface area contributed by atoms with E-state index in [2.05, 4.69) is 37.9 Å². The van der Waals surface area contributed by atoms with E-state index in [1.54, 1.807) is 0 Å². The molecule has 0 aliphatic carbocycles.